The van der Waals surface area contributed by atoms with Gasteiger partial charge < -0.3 is 19.7 Å². The molecule has 2 atom stereocenters. The molecule has 5 nitrogen and oxygen atoms in total. The fourth-order valence-corrected chi connectivity index (χ4v) is 4.01. The van der Waals surface area contributed by atoms with Gasteiger partial charge >= 0.3 is 0 Å². The first-order chi connectivity index (χ1) is 13.3. The van der Waals surface area contributed by atoms with Crippen molar-refractivity contribution in [3.63, 3.8) is 0 Å². The molecular formula is C22H27N3O2. The lowest BCUT2D eigenvalue weighted by Gasteiger charge is -2.23. The smallest absolute Gasteiger partial charge is 0.193 e. The van der Waals surface area contributed by atoms with Crippen molar-refractivity contribution in [2.45, 2.75) is 24.9 Å². The first-order valence-corrected chi connectivity index (χ1v) is 9.61. The Bertz CT molecular complexity index is 778. The number of hydrogen-bond acceptors (Lipinski definition) is 3. The molecular weight excluding hydrogens is 338 g/mol. The van der Waals surface area contributed by atoms with Crippen LogP contribution in [0.3, 0.4) is 0 Å². The summed E-state index contributed by atoms with van der Waals surface area (Å²) in [6.07, 6.45) is 2.26. The summed E-state index contributed by atoms with van der Waals surface area (Å²) in [6.45, 7) is 2.77. The first-order valence-electron chi connectivity index (χ1n) is 9.61. The molecule has 1 N–H and O–H groups in total. The zero-order valence-corrected chi connectivity index (χ0v) is 16.0. The number of nitrogens with one attached hydrogen (secondary N) is 1. The average Bonchev–Trinajstić information content (AvgIpc) is 3.35. The van der Waals surface area contributed by atoms with Gasteiger partial charge in [0.1, 0.15) is 17.6 Å². The number of benzene rings is 2. The second kappa shape index (κ2) is 7.91. The number of guanidine groups is 1. The van der Waals surface area contributed by atoms with E-state index >= 15 is 0 Å². The number of para-hydroxylation sites is 1. The van der Waals surface area contributed by atoms with Crippen molar-refractivity contribution in [2.24, 2.45) is 4.99 Å². The topological polar surface area (TPSA) is 46.1 Å². The van der Waals surface area contributed by atoms with Gasteiger partial charge in [-0.05, 0) is 35.7 Å². The molecule has 0 saturated carbocycles. The molecule has 0 spiro atoms. The molecule has 0 radical (unpaired) electrons. The Kier molecular flexibility index (Phi) is 5.19. The molecule has 142 valence electrons. The van der Waals surface area contributed by atoms with E-state index in [9.17, 15) is 0 Å². The maximum atomic E-state index is 6.03. The van der Waals surface area contributed by atoms with Crippen LogP contribution in [0.2, 0.25) is 0 Å². The van der Waals surface area contributed by atoms with Crippen molar-refractivity contribution in [2.75, 3.05) is 33.8 Å². The van der Waals surface area contributed by atoms with E-state index in [4.69, 9.17) is 9.47 Å². The summed E-state index contributed by atoms with van der Waals surface area (Å²) < 4.78 is 11.3. The molecule has 2 aliphatic heterocycles. The van der Waals surface area contributed by atoms with Crippen LogP contribution in [0.4, 0.5) is 0 Å². The summed E-state index contributed by atoms with van der Waals surface area (Å²) in [7, 11) is 3.56. The van der Waals surface area contributed by atoms with E-state index in [1.54, 1.807) is 7.11 Å². The Hall–Kier alpha value is -2.69. The van der Waals surface area contributed by atoms with Gasteiger partial charge in [-0.1, -0.05) is 30.3 Å². The van der Waals surface area contributed by atoms with Crippen molar-refractivity contribution in [1.29, 1.82) is 0 Å². The summed E-state index contributed by atoms with van der Waals surface area (Å²) >= 11 is 0. The third-order valence-corrected chi connectivity index (χ3v) is 5.49. The van der Waals surface area contributed by atoms with E-state index in [2.05, 4.69) is 39.5 Å². The van der Waals surface area contributed by atoms with Crippen LogP contribution in [0.1, 0.15) is 23.5 Å². The second-order valence-electron chi connectivity index (χ2n) is 7.18. The van der Waals surface area contributed by atoms with Gasteiger partial charge in [0.25, 0.3) is 0 Å². The van der Waals surface area contributed by atoms with Crippen LogP contribution < -0.4 is 14.8 Å². The fourth-order valence-electron chi connectivity index (χ4n) is 4.01. The van der Waals surface area contributed by atoms with Gasteiger partial charge in [0, 0.05) is 32.5 Å². The molecule has 2 unspecified atom stereocenters. The summed E-state index contributed by atoms with van der Waals surface area (Å²) in [5.74, 6) is 3.41. The molecule has 0 aromatic heterocycles. The number of ether oxygens (including phenoxy) is 2. The van der Waals surface area contributed by atoms with E-state index < -0.39 is 0 Å². The van der Waals surface area contributed by atoms with Crippen molar-refractivity contribution < 1.29 is 9.47 Å². The molecule has 2 aromatic carbocycles. The van der Waals surface area contributed by atoms with Gasteiger partial charge in [0.15, 0.2) is 5.96 Å². The van der Waals surface area contributed by atoms with Crippen LogP contribution in [0.25, 0.3) is 0 Å². The highest BCUT2D eigenvalue weighted by molar-refractivity contribution is 5.80. The zero-order chi connectivity index (χ0) is 18.6. The summed E-state index contributed by atoms with van der Waals surface area (Å²) in [4.78, 5) is 6.84. The highest BCUT2D eigenvalue weighted by Gasteiger charge is 2.27. The second-order valence-corrected chi connectivity index (χ2v) is 7.18. The van der Waals surface area contributed by atoms with Gasteiger partial charge in [-0.15, -0.1) is 0 Å². The zero-order valence-electron chi connectivity index (χ0n) is 16.0. The van der Waals surface area contributed by atoms with Gasteiger partial charge in [-0.3, -0.25) is 4.99 Å². The number of fused-ring (bicyclic) bond motifs is 1. The van der Waals surface area contributed by atoms with Gasteiger partial charge in [-0.25, -0.2) is 0 Å². The predicted molar refractivity (Wildman–Crippen MR) is 108 cm³/mol. The van der Waals surface area contributed by atoms with Crippen LogP contribution in [-0.4, -0.2) is 50.8 Å². The fraction of sp³-hybridized carbons (Fsp3) is 0.409. The maximum absolute atomic E-state index is 6.03. The minimum Gasteiger partial charge on any atom is -0.497 e. The van der Waals surface area contributed by atoms with Crippen LogP contribution >= 0.6 is 0 Å². The van der Waals surface area contributed by atoms with E-state index in [1.165, 1.54) is 11.1 Å². The molecule has 0 bridgehead atoms. The Labute approximate surface area is 161 Å². The Morgan fingerprint density at radius 1 is 1.22 bits per heavy atom. The van der Waals surface area contributed by atoms with E-state index in [0.717, 1.165) is 49.9 Å². The molecule has 2 aromatic rings. The highest BCUT2D eigenvalue weighted by atomic mass is 16.5. The summed E-state index contributed by atoms with van der Waals surface area (Å²) in [6, 6.07) is 16.7. The van der Waals surface area contributed by atoms with E-state index in [0.29, 0.717) is 5.92 Å². The van der Waals surface area contributed by atoms with Crippen molar-refractivity contribution in [1.82, 2.24) is 10.2 Å². The van der Waals surface area contributed by atoms with Gasteiger partial charge in [0.05, 0.1) is 13.7 Å². The SMILES string of the molecule is CN=C(NCC1Cc2ccccc2O1)N1CCC(c2ccc(OC)cc2)C1. The van der Waals surface area contributed by atoms with E-state index in [1.807, 2.05) is 31.3 Å². The van der Waals surface area contributed by atoms with Crippen molar-refractivity contribution in [3.05, 3.63) is 59.7 Å². The Morgan fingerprint density at radius 2 is 2.04 bits per heavy atom. The minimum atomic E-state index is 0.166. The summed E-state index contributed by atoms with van der Waals surface area (Å²) in [5.41, 5.74) is 2.66. The number of likely N-dealkylation sites (tertiary alicyclic amines) is 1. The number of rotatable bonds is 4. The van der Waals surface area contributed by atoms with Crippen molar-refractivity contribution in [3.8, 4) is 11.5 Å². The minimum absolute atomic E-state index is 0.166. The lowest BCUT2D eigenvalue weighted by Crippen LogP contribution is -2.43. The van der Waals surface area contributed by atoms with E-state index in [-0.39, 0.29) is 6.10 Å². The van der Waals surface area contributed by atoms with Crippen LogP contribution in [-0.2, 0) is 6.42 Å². The highest BCUT2D eigenvalue weighted by Crippen LogP contribution is 2.29. The first kappa shape index (κ1) is 17.7. The van der Waals surface area contributed by atoms with Crippen LogP contribution in [0.15, 0.2) is 53.5 Å². The third-order valence-electron chi connectivity index (χ3n) is 5.49. The molecule has 0 amide bonds. The lowest BCUT2D eigenvalue weighted by molar-refractivity contribution is 0.233. The summed E-state index contributed by atoms with van der Waals surface area (Å²) in [5, 5.41) is 3.51. The molecule has 2 heterocycles. The Balaban J connectivity index is 1.31. The molecule has 4 rings (SSSR count). The maximum Gasteiger partial charge on any atom is 0.193 e. The average molecular weight is 365 g/mol. The monoisotopic (exact) mass is 365 g/mol. The largest absolute Gasteiger partial charge is 0.497 e. The number of methoxy groups -OCH3 is 1. The normalized spacial score (nSPS) is 21.7. The van der Waals surface area contributed by atoms with Crippen LogP contribution in [0, 0.1) is 0 Å². The van der Waals surface area contributed by atoms with Crippen LogP contribution in [0.5, 0.6) is 11.5 Å². The lowest BCUT2D eigenvalue weighted by atomic mass is 9.98. The molecule has 5 heteroatoms. The van der Waals surface area contributed by atoms with Gasteiger partial charge in [-0.2, -0.15) is 0 Å². The molecule has 2 aliphatic rings. The Morgan fingerprint density at radius 3 is 2.78 bits per heavy atom. The van der Waals surface area contributed by atoms with Gasteiger partial charge in [0.2, 0.25) is 0 Å². The number of nitrogens with zero attached hydrogens (tertiary/aromatic N) is 2. The molecule has 0 aliphatic carbocycles. The quantitative estimate of drug-likeness (QED) is 0.668. The molecule has 1 fully saturated rings. The predicted octanol–water partition coefficient (Wildman–Crippen LogP) is 3.06. The number of aliphatic imine (C=N–C) groups is 1. The van der Waals surface area contributed by atoms with Crippen molar-refractivity contribution >= 4 is 5.96 Å². The molecule has 1 saturated heterocycles. The molecule has 27 heavy (non-hydrogen) atoms. The third kappa shape index (κ3) is 3.87. The standard InChI is InChI=1S/C22H27N3O2/c1-23-22(24-14-20-13-17-5-3-4-6-21(17)27-20)25-12-11-18(15-25)16-7-9-19(26-2)10-8-16/h3-10,18,20H,11-15H2,1-2H3,(H,23,24). The number of hydrogen-bond donors (Lipinski definition) is 1.